The summed E-state index contributed by atoms with van der Waals surface area (Å²) in [5.41, 5.74) is -0.847. The number of aliphatic hydroxyl groups excluding tert-OH is 2. The van der Waals surface area contributed by atoms with E-state index in [2.05, 4.69) is 0 Å². The van der Waals surface area contributed by atoms with Crippen LogP contribution in [0, 0.1) is 17.5 Å². The standard InChI is InChI=1S/C19H18F3NO3/c1-19(2)13-4-3-5-14(22)17(13)23(18(19)26)16(15(25)9-24)10-6-11(20)8-12(21)7-10/h3-8,15-16,24-25H,9H2,1-2H3/t15-,16?/m1/s1. The van der Waals surface area contributed by atoms with Crippen LogP contribution in [0.2, 0.25) is 0 Å². The molecule has 2 N–H and O–H groups in total. The van der Waals surface area contributed by atoms with Crippen molar-refractivity contribution in [1.82, 2.24) is 0 Å². The first-order valence-corrected chi connectivity index (χ1v) is 8.06. The molecule has 0 spiro atoms. The van der Waals surface area contributed by atoms with Crippen LogP contribution in [0.1, 0.15) is 31.0 Å². The minimum atomic E-state index is -1.57. The normalized spacial score (nSPS) is 18.0. The molecule has 7 heteroatoms. The first-order valence-electron chi connectivity index (χ1n) is 8.06. The number of hydrogen-bond acceptors (Lipinski definition) is 3. The molecule has 0 fully saturated rings. The average Bonchev–Trinajstić information content (AvgIpc) is 2.76. The molecule has 1 aliphatic rings. The van der Waals surface area contributed by atoms with Gasteiger partial charge in [-0.25, -0.2) is 13.2 Å². The van der Waals surface area contributed by atoms with E-state index in [-0.39, 0.29) is 11.3 Å². The summed E-state index contributed by atoms with van der Waals surface area (Å²) in [7, 11) is 0. The minimum absolute atomic E-state index is 0.0651. The summed E-state index contributed by atoms with van der Waals surface area (Å²) in [6, 6.07) is 5.41. The van der Waals surface area contributed by atoms with Gasteiger partial charge in [0.1, 0.15) is 23.6 Å². The second-order valence-corrected chi connectivity index (χ2v) is 6.83. The van der Waals surface area contributed by atoms with Gasteiger partial charge in [-0.2, -0.15) is 0 Å². The lowest BCUT2D eigenvalue weighted by molar-refractivity contribution is -0.123. The predicted molar refractivity (Wildman–Crippen MR) is 89.1 cm³/mol. The fourth-order valence-corrected chi connectivity index (χ4v) is 3.44. The maximum Gasteiger partial charge on any atom is 0.237 e. The smallest absolute Gasteiger partial charge is 0.237 e. The lowest BCUT2D eigenvalue weighted by atomic mass is 9.86. The molecule has 2 atom stereocenters. The Hall–Kier alpha value is -2.38. The molecular weight excluding hydrogens is 347 g/mol. The molecule has 0 aliphatic carbocycles. The summed E-state index contributed by atoms with van der Waals surface area (Å²) in [6.07, 6.45) is -1.57. The number of rotatable bonds is 4. The highest BCUT2D eigenvalue weighted by atomic mass is 19.1. The highest BCUT2D eigenvalue weighted by Crippen LogP contribution is 2.47. The van der Waals surface area contributed by atoms with E-state index >= 15 is 0 Å². The van der Waals surface area contributed by atoms with Gasteiger partial charge in [0.25, 0.3) is 0 Å². The number of nitrogens with zero attached hydrogens (tertiary/aromatic N) is 1. The van der Waals surface area contributed by atoms with Gasteiger partial charge in [-0.15, -0.1) is 0 Å². The van der Waals surface area contributed by atoms with E-state index in [0.29, 0.717) is 11.6 Å². The van der Waals surface area contributed by atoms with Crippen LogP contribution in [0.5, 0.6) is 0 Å². The number of halogens is 3. The van der Waals surface area contributed by atoms with E-state index in [1.165, 1.54) is 6.07 Å². The highest BCUT2D eigenvalue weighted by Gasteiger charge is 2.49. The van der Waals surface area contributed by atoms with Crippen molar-refractivity contribution in [2.24, 2.45) is 0 Å². The van der Waals surface area contributed by atoms with Gasteiger partial charge >= 0.3 is 0 Å². The monoisotopic (exact) mass is 365 g/mol. The Bertz CT molecular complexity index is 849. The summed E-state index contributed by atoms with van der Waals surface area (Å²) in [6.45, 7) is 2.42. The number of carbonyl (C=O) groups excluding carboxylic acids is 1. The Morgan fingerprint density at radius 3 is 2.31 bits per heavy atom. The molecule has 3 rings (SSSR count). The quantitative estimate of drug-likeness (QED) is 0.876. The maximum atomic E-state index is 14.6. The van der Waals surface area contributed by atoms with Crippen LogP contribution in [0.15, 0.2) is 36.4 Å². The number of para-hydroxylation sites is 1. The second-order valence-electron chi connectivity index (χ2n) is 6.83. The van der Waals surface area contributed by atoms with Crippen molar-refractivity contribution in [2.75, 3.05) is 11.5 Å². The van der Waals surface area contributed by atoms with Crippen LogP contribution in [0.25, 0.3) is 0 Å². The number of amides is 1. The largest absolute Gasteiger partial charge is 0.394 e. The Labute approximate surface area is 148 Å². The lowest BCUT2D eigenvalue weighted by Crippen LogP contribution is -2.44. The van der Waals surface area contributed by atoms with Crippen molar-refractivity contribution >= 4 is 11.6 Å². The van der Waals surface area contributed by atoms with Crippen molar-refractivity contribution in [3.8, 4) is 0 Å². The molecule has 0 radical (unpaired) electrons. The molecule has 0 saturated carbocycles. The van der Waals surface area contributed by atoms with Gasteiger partial charge in [-0.3, -0.25) is 9.69 Å². The van der Waals surface area contributed by atoms with Crippen LogP contribution < -0.4 is 4.90 Å². The van der Waals surface area contributed by atoms with E-state index in [1.807, 2.05) is 0 Å². The van der Waals surface area contributed by atoms with Gasteiger partial charge in [0.2, 0.25) is 5.91 Å². The van der Waals surface area contributed by atoms with Gasteiger partial charge < -0.3 is 10.2 Å². The molecule has 2 aromatic carbocycles. The van der Waals surface area contributed by atoms with Crippen LogP contribution in [-0.2, 0) is 10.2 Å². The summed E-state index contributed by atoms with van der Waals surface area (Å²) < 4.78 is 42.0. The molecule has 1 heterocycles. The van der Waals surface area contributed by atoms with E-state index in [0.717, 1.165) is 23.1 Å². The van der Waals surface area contributed by atoms with Crippen molar-refractivity contribution in [2.45, 2.75) is 31.4 Å². The molecule has 4 nitrogen and oxygen atoms in total. The number of fused-ring (bicyclic) bond motifs is 1. The van der Waals surface area contributed by atoms with Gasteiger partial charge in [0.05, 0.1) is 23.8 Å². The third-order valence-electron chi connectivity index (χ3n) is 4.71. The van der Waals surface area contributed by atoms with Crippen LogP contribution >= 0.6 is 0 Å². The van der Waals surface area contributed by atoms with Crippen molar-refractivity contribution in [3.05, 3.63) is 65.0 Å². The molecule has 0 bridgehead atoms. The average molecular weight is 365 g/mol. The van der Waals surface area contributed by atoms with E-state index in [1.54, 1.807) is 19.9 Å². The van der Waals surface area contributed by atoms with E-state index < -0.39 is 47.5 Å². The Kier molecular flexibility index (Phi) is 4.54. The zero-order valence-electron chi connectivity index (χ0n) is 14.2. The molecule has 1 amide bonds. The number of hydrogen-bond donors (Lipinski definition) is 2. The molecular formula is C19H18F3NO3. The first-order chi connectivity index (χ1) is 12.2. The summed E-state index contributed by atoms with van der Waals surface area (Å²) >= 11 is 0. The van der Waals surface area contributed by atoms with E-state index in [9.17, 15) is 28.2 Å². The summed E-state index contributed by atoms with van der Waals surface area (Å²) in [4.78, 5) is 14.0. The summed E-state index contributed by atoms with van der Waals surface area (Å²) in [5, 5.41) is 19.7. The first kappa shape index (κ1) is 18.4. The number of benzene rings is 2. The number of aliphatic hydroxyl groups is 2. The molecule has 1 aliphatic heterocycles. The Morgan fingerprint density at radius 2 is 1.73 bits per heavy atom. The molecule has 1 unspecified atom stereocenters. The zero-order valence-corrected chi connectivity index (χ0v) is 14.2. The van der Waals surface area contributed by atoms with Crippen LogP contribution in [0.4, 0.5) is 18.9 Å². The molecule has 138 valence electrons. The molecule has 0 saturated heterocycles. The van der Waals surface area contributed by atoms with Gasteiger partial charge in [-0.05, 0) is 43.2 Å². The third-order valence-corrected chi connectivity index (χ3v) is 4.71. The Morgan fingerprint density at radius 1 is 1.12 bits per heavy atom. The number of carbonyl (C=O) groups is 1. The molecule has 0 aromatic heterocycles. The number of anilines is 1. The maximum absolute atomic E-state index is 14.6. The predicted octanol–water partition coefficient (Wildman–Crippen LogP) is 2.82. The fourth-order valence-electron chi connectivity index (χ4n) is 3.44. The van der Waals surface area contributed by atoms with E-state index in [4.69, 9.17) is 0 Å². The second kappa shape index (κ2) is 6.41. The van der Waals surface area contributed by atoms with Crippen LogP contribution in [0.3, 0.4) is 0 Å². The summed E-state index contributed by atoms with van der Waals surface area (Å²) in [5.74, 6) is -3.06. The van der Waals surface area contributed by atoms with Crippen molar-refractivity contribution in [3.63, 3.8) is 0 Å². The van der Waals surface area contributed by atoms with Crippen molar-refractivity contribution < 1.29 is 28.2 Å². The zero-order chi connectivity index (χ0) is 19.2. The Balaban J connectivity index is 2.24. The SMILES string of the molecule is CC1(C)C(=O)N(C(c2cc(F)cc(F)c2)[C@H](O)CO)c2c(F)cccc21. The topological polar surface area (TPSA) is 60.8 Å². The fraction of sp³-hybridized carbons (Fsp3) is 0.316. The van der Waals surface area contributed by atoms with Gasteiger partial charge in [0.15, 0.2) is 0 Å². The molecule has 26 heavy (non-hydrogen) atoms. The molecule has 2 aromatic rings. The highest BCUT2D eigenvalue weighted by molar-refractivity contribution is 6.08. The van der Waals surface area contributed by atoms with Gasteiger partial charge in [-0.1, -0.05) is 12.1 Å². The van der Waals surface area contributed by atoms with Crippen molar-refractivity contribution in [1.29, 1.82) is 0 Å². The van der Waals surface area contributed by atoms with Crippen LogP contribution in [-0.4, -0.2) is 28.8 Å². The third kappa shape index (κ3) is 2.77. The lowest BCUT2D eigenvalue weighted by Gasteiger charge is -2.33. The minimum Gasteiger partial charge on any atom is -0.394 e. The van der Waals surface area contributed by atoms with Gasteiger partial charge in [0, 0.05) is 6.07 Å².